The Morgan fingerprint density at radius 2 is 1.81 bits per heavy atom. The predicted octanol–water partition coefficient (Wildman–Crippen LogP) is -1.77. The Morgan fingerprint density at radius 1 is 1.14 bits per heavy atom. The number of primary amides is 2. The SMILES string of the molecule is C[C@@H](O)[C@H](N)C(=O)N1CCCC1(C(N)=O)[C@H](Cc1c[nH]c2ccccc12)C(=O)N[C@H](C(N)=O)[C@@H](C)O. The fourth-order valence-corrected chi connectivity index (χ4v) is 5.01. The molecule has 1 aliphatic rings. The zero-order valence-corrected chi connectivity index (χ0v) is 20.3. The van der Waals surface area contributed by atoms with Crippen molar-refractivity contribution >= 4 is 34.5 Å². The number of benzene rings is 1. The molecule has 1 fully saturated rings. The van der Waals surface area contributed by atoms with Gasteiger partial charge in [-0.05, 0) is 44.7 Å². The largest absolute Gasteiger partial charge is 0.391 e. The van der Waals surface area contributed by atoms with Gasteiger partial charge < -0.3 is 42.6 Å². The van der Waals surface area contributed by atoms with Gasteiger partial charge in [-0.3, -0.25) is 19.2 Å². The molecule has 12 nitrogen and oxygen atoms in total. The molecule has 196 valence electrons. The molecule has 10 N–H and O–H groups in total. The summed E-state index contributed by atoms with van der Waals surface area (Å²) in [5, 5.41) is 23.2. The van der Waals surface area contributed by atoms with E-state index >= 15 is 0 Å². The van der Waals surface area contributed by atoms with E-state index in [-0.39, 0.29) is 19.4 Å². The lowest BCUT2D eigenvalue weighted by atomic mass is 9.76. The number of likely N-dealkylation sites (tertiary alicyclic amines) is 1. The van der Waals surface area contributed by atoms with Gasteiger partial charge in [-0.15, -0.1) is 0 Å². The van der Waals surface area contributed by atoms with Crippen LogP contribution in [0, 0.1) is 5.92 Å². The molecule has 6 atom stereocenters. The second-order valence-corrected chi connectivity index (χ2v) is 9.39. The minimum atomic E-state index is -1.80. The summed E-state index contributed by atoms with van der Waals surface area (Å²) in [6, 6.07) is 4.58. The quantitative estimate of drug-likeness (QED) is 0.198. The molecule has 0 saturated carbocycles. The Balaban J connectivity index is 2.13. The zero-order chi connectivity index (χ0) is 26.8. The summed E-state index contributed by atoms with van der Waals surface area (Å²) in [6.07, 6.45) is -0.431. The standard InChI is InChI=1S/C24H34N6O6/c1-12(31)18(25)22(35)30-9-5-8-24(30,23(27)36)16(21(34)29-19(13(2)32)20(26)33)10-14-11-28-17-7-4-3-6-15(14)17/h3-4,6-7,11-13,16,18-19,28,31-32H,5,8-10,25H2,1-2H3,(H2,26,33)(H2,27,36)(H,29,34)/t12-,13-,16-,18+,19+,24?/m1/s1. The lowest BCUT2D eigenvalue weighted by molar-refractivity contribution is -0.153. The molecule has 0 bridgehead atoms. The molecular formula is C24H34N6O6. The third-order valence-corrected chi connectivity index (χ3v) is 7.00. The van der Waals surface area contributed by atoms with E-state index in [9.17, 15) is 29.4 Å². The maximum Gasteiger partial charge on any atom is 0.244 e. The average molecular weight is 503 g/mol. The molecule has 12 heteroatoms. The Labute approximate surface area is 208 Å². The highest BCUT2D eigenvalue weighted by molar-refractivity contribution is 5.99. The maximum atomic E-state index is 13.7. The molecule has 0 radical (unpaired) electrons. The maximum absolute atomic E-state index is 13.7. The molecule has 0 aliphatic carbocycles. The molecule has 4 amide bonds. The van der Waals surface area contributed by atoms with E-state index in [2.05, 4.69) is 10.3 Å². The van der Waals surface area contributed by atoms with Crippen LogP contribution in [0.4, 0.5) is 0 Å². The number of aromatic amines is 1. The highest BCUT2D eigenvalue weighted by Gasteiger charge is 2.57. The van der Waals surface area contributed by atoms with Gasteiger partial charge in [0.05, 0.1) is 18.1 Å². The number of carbonyl (C=O) groups is 4. The van der Waals surface area contributed by atoms with Crippen LogP contribution in [0.3, 0.4) is 0 Å². The van der Waals surface area contributed by atoms with Crippen molar-refractivity contribution in [3.05, 3.63) is 36.0 Å². The van der Waals surface area contributed by atoms with E-state index in [0.717, 1.165) is 10.9 Å². The molecule has 1 saturated heterocycles. The highest BCUT2D eigenvalue weighted by atomic mass is 16.3. The number of nitrogens with two attached hydrogens (primary N) is 3. The number of amides is 4. The summed E-state index contributed by atoms with van der Waals surface area (Å²) in [4.78, 5) is 56.3. The van der Waals surface area contributed by atoms with Crippen molar-refractivity contribution in [3.63, 3.8) is 0 Å². The van der Waals surface area contributed by atoms with Gasteiger partial charge in [-0.2, -0.15) is 0 Å². The van der Waals surface area contributed by atoms with Gasteiger partial charge in [0.2, 0.25) is 23.6 Å². The number of fused-ring (bicyclic) bond motifs is 1. The average Bonchev–Trinajstić information content (AvgIpc) is 3.44. The fraction of sp³-hybridized carbons (Fsp3) is 0.500. The number of aliphatic hydroxyl groups excluding tert-OH is 2. The summed E-state index contributed by atoms with van der Waals surface area (Å²) < 4.78 is 0. The van der Waals surface area contributed by atoms with E-state index < -0.39 is 59.4 Å². The number of aliphatic hydroxyl groups is 2. The Hall–Kier alpha value is -3.48. The Morgan fingerprint density at radius 3 is 2.39 bits per heavy atom. The number of nitrogens with one attached hydrogen (secondary N) is 2. The zero-order valence-electron chi connectivity index (χ0n) is 20.3. The molecule has 1 aromatic heterocycles. The molecule has 2 heterocycles. The highest BCUT2D eigenvalue weighted by Crippen LogP contribution is 2.39. The predicted molar refractivity (Wildman–Crippen MR) is 131 cm³/mol. The lowest BCUT2D eigenvalue weighted by Gasteiger charge is -2.42. The van der Waals surface area contributed by atoms with Gasteiger partial charge in [0.15, 0.2) is 0 Å². The molecule has 1 aromatic carbocycles. The first-order valence-corrected chi connectivity index (χ1v) is 11.8. The van der Waals surface area contributed by atoms with Crippen molar-refractivity contribution in [2.45, 2.75) is 62.9 Å². The van der Waals surface area contributed by atoms with Gasteiger partial charge in [0.1, 0.15) is 17.6 Å². The smallest absolute Gasteiger partial charge is 0.244 e. The molecule has 1 unspecified atom stereocenters. The fourth-order valence-electron chi connectivity index (χ4n) is 5.01. The first kappa shape index (κ1) is 27.1. The number of nitrogens with zero attached hydrogens (tertiary/aromatic N) is 1. The monoisotopic (exact) mass is 502 g/mol. The van der Waals surface area contributed by atoms with Crippen LogP contribution < -0.4 is 22.5 Å². The first-order valence-electron chi connectivity index (χ1n) is 11.8. The second kappa shape index (κ2) is 10.6. The van der Waals surface area contributed by atoms with Crippen LogP contribution in [0.25, 0.3) is 10.9 Å². The number of carbonyl (C=O) groups excluding carboxylic acids is 4. The van der Waals surface area contributed by atoms with Gasteiger partial charge in [-0.25, -0.2) is 0 Å². The van der Waals surface area contributed by atoms with Crippen LogP contribution in [0.5, 0.6) is 0 Å². The minimum absolute atomic E-state index is 0.0300. The van der Waals surface area contributed by atoms with Gasteiger partial charge in [-0.1, -0.05) is 18.2 Å². The van der Waals surface area contributed by atoms with Crippen molar-refractivity contribution in [1.29, 1.82) is 0 Å². The summed E-state index contributed by atoms with van der Waals surface area (Å²) in [7, 11) is 0. The number of hydrogen-bond donors (Lipinski definition) is 7. The minimum Gasteiger partial charge on any atom is -0.391 e. The third-order valence-electron chi connectivity index (χ3n) is 7.00. The van der Waals surface area contributed by atoms with Crippen molar-refractivity contribution in [3.8, 4) is 0 Å². The Kier molecular flexibility index (Phi) is 8.02. The van der Waals surface area contributed by atoms with Crippen molar-refractivity contribution in [2.75, 3.05) is 6.54 Å². The van der Waals surface area contributed by atoms with E-state index in [1.807, 2.05) is 24.3 Å². The van der Waals surface area contributed by atoms with E-state index in [1.54, 1.807) is 6.20 Å². The number of para-hydroxylation sites is 1. The van der Waals surface area contributed by atoms with Crippen LogP contribution in [-0.4, -0.2) is 80.1 Å². The summed E-state index contributed by atoms with van der Waals surface area (Å²) in [5.41, 5.74) is 16.9. The second-order valence-electron chi connectivity index (χ2n) is 9.39. The molecule has 3 rings (SSSR count). The van der Waals surface area contributed by atoms with Crippen LogP contribution in [0.1, 0.15) is 32.3 Å². The number of hydrogen-bond acceptors (Lipinski definition) is 7. The van der Waals surface area contributed by atoms with Crippen molar-refractivity contribution in [2.24, 2.45) is 23.1 Å². The van der Waals surface area contributed by atoms with Crippen molar-refractivity contribution < 1.29 is 29.4 Å². The molecule has 1 aliphatic heterocycles. The van der Waals surface area contributed by atoms with E-state index in [1.165, 1.54) is 18.7 Å². The first-order chi connectivity index (χ1) is 16.9. The number of H-pyrrole nitrogens is 1. The Bertz CT molecular complexity index is 1150. The molecule has 0 spiro atoms. The molecule has 2 aromatic rings. The van der Waals surface area contributed by atoms with Gasteiger partial charge in [0, 0.05) is 23.6 Å². The van der Waals surface area contributed by atoms with Gasteiger partial charge >= 0.3 is 0 Å². The molecular weight excluding hydrogens is 468 g/mol. The van der Waals surface area contributed by atoms with Crippen LogP contribution >= 0.6 is 0 Å². The van der Waals surface area contributed by atoms with Gasteiger partial charge in [0.25, 0.3) is 0 Å². The van der Waals surface area contributed by atoms with Crippen LogP contribution in [0.15, 0.2) is 30.5 Å². The van der Waals surface area contributed by atoms with Crippen LogP contribution in [0.2, 0.25) is 0 Å². The van der Waals surface area contributed by atoms with Crippen molar-refractivity contribution in [1.82, 2.24) is 15.2 Å². The number of rotatable bonds is 10. The topological polar surface area (TPSA) is 218 Å². The summed E-state index contributed by atoms with van der Waals surface area (Å²) in [5.74, 6) is -4.65. The number of aromatic nitrogens is 1. The lowest BCUT2D eigenvalue weighted by Crippen LogP contribution is -2.67. The molecule has 36 heavy (non-hydrogen) atoms. The summed E-state index contributed by atoms with van der Waals surface area (Å²) in [6.45, 7) is 2.73. The normalized spacial score (nSPS) is 22.0. The van der Waals surface area contributed by atoms with Crippen LogP contribution in [-0.2, 0) is 25.6 Å². The van der Waals surface area contributed by atoms with E-state index in [0.29, 0.717) is 12.0 Å². The summed E-state index contributed by atoms with van der Waals surface area (Å²) >= 11 is 0. The third kappa shape index (κ3) is 4.92. The van der Waals surface area contributed by atoms with E-state index in [4.69, 9.17) is 17.2 Å².